The lowest BCUT2D eigenvalue weighted by molar-refractivity contribution is 0.102. The van der Waals surface area contributed by atoms with E-state index in [0.29, 0.717) is 17.2 Å². The Morgan fingerprint density at radius 1 is 1.10 bits per heavy atom. The van der Waals surface area contributed by atoms with Crippen LogP contribution in [-0.4, -0.2) is 33.6 Å². The van der Waals surface area contributed by atoms with E-state index >= 15 is 0 Å². The van der Waals surface area contributed by atoms with E-state index in [0.717, 1.165) is 35.4 Å². The molecular formula is C21H20FN5O2S. The number of rotatable bonds is 4. The molecule has 0 radical (unpaired) electrons. The molecule has 1 aliphatic heterocycles. The van der Waals surface area contributed by atoms with Crippen molar-refractivity contribution >= 4 is 34.6 Å². The van der Waals surface area contributed by atoms with Crippen LogP contribution >= 0.6 is 11.3 Å². The maximum atomic E-state index is 13.3. The number of aromatic nitrogens is 2. The number of amides is 3. The first-order valence-electron chi connectivity index (χ1n) is 9.54. The minimum atomic E-state index is -0.460. The monoisotopic (exact) mass is 425 g/mol. The average molecular weight is 425 g/mol. The van der Waals surface area contributed by atoms with Gasteiger partial charge < -0.3 is 15.5 Å². The molecule has 3 aromatic rings. The van der Waals surface area contributed by atoms with Crippen molar-refractivity contribution in [1.29, 1.82) is 0 Å². The lowest BCUT2D eigenvalue weighted by Gasteiger charge is -2.23. The Hall–Kier alpha value is -3.33. The Kier molecular flexibility index (Phi) is 5.71. The second kappa shape index (κ2) is 8.58. The predicted molar refractivity (Wildman–Crippen MR) is 113 cm³/mol. The molecule has 2 N–H and O–H groups in total. The molecular weight excluding hydrogens is 405 g/mol. The maximum Gasteiger partial charge on any atom is 0.322 e. The standard InChI is InChI=1S/C21H20FN5O2S/c1-13-7-9-15(10-8-13)24-21(29)27-11-3-6-17(27)19-25-26-20(30-19)18(28)23-16-5-2-4-14(22)12-16/h2,4-5,7-10,12,17H,3,6,11H2,1H3,(H,23,28)(H,24,29). The Labute approximate surface area is 176 Å². The summed E-state index contributed by atoms with van der Waals surface area (Å²) in [4.78, 5) is 26.9. The third-order valence-corrected chi connectivity index (χ3v) is 5.84. The van der Waals surface area contributed by atoms with E-state index in [4.69, 9.17) is 0 Å². The molecule has 3 amide bonds. The van der Waals surface area contributed by atoms with Crippen molar-refractivity contribution in [3.8, 4) is 0 Å². The molecule has 1 fully saturated rings. The lowest BCUT2D eigenvalue weighted by atomic mass is 10.2. The van der Waals surface area contributed by atoms with Crippen molar-refractivity contribution in [2.24, 2.45) is 0 Å². The van der Waals surface area contributed by atoms with Gasteiger partial charge in [0.1, 0.15) is 10.8 Å². The second-order valence-corrected chi connectivity index (χ2v) is 8.07. The quantitative estimate of drug-likeness (QED) is 0.639. The molecule has 1 saturated heterocycles. The highest BCUT2D eigenvalue weighted by Gasteiger charge is 2.33. The first-order valence-corrected chi connectivity index (χ1v) is 10.4. The highest BCUT2D eigenvalue weighted by Crippen LogP contribution is 2.34. The molecule has 0 saturated carbocycles. The van der Waals surface area contributed by atoms with Crippen LogP contribution in [0.1, 0.15) is 39.3 Å². The highest BCUT2D eigenvalue weighted by molar-refractivity contribution is 7.13. The molecule has 9 heteroatoms. The van der Waals surface area contributed by atoms with E-state index in [1.54, 1.807) is 11.0 Å². The minimum absolute atomic E-state index is 0.167. The summed E-state index contributed by atoms with van der Waals surface area (Å²) in [5, 5.41) is 14.4. The van der Waals surface area contributed by atoms with Gasteiger partial charge in [0.05, 0.1) is 6.04 Å². The van der Waals surface area contributed by atoms with Gasteiger partial charge in [0, 0.05) is 17.9 Å². The van der Waals surface area contributed by atoms with Crippen molar-refractivity contribution in [1.82, 2.24) is 15.1 Å². The molecule has 1 atom stereocenters. The number of anilines is 2. The van der Waals surface area contributed by atoms with E-state index in [-0.39, 0.29) is 17.1 Å². The predicted octanol–water partition coefficient (Wildman–Crippen LogP) is 4.61. The summed E-state index contributed by atoms with van der Waals surface area (Å²) < 4.78 is 13.3. The van der Waals surface area contributed by atoms with E-state index in [9.17, 15) is 14.0 Å². The molecule has 0 spiro atoms. The number of halogens is 1. The molecule has 1 aromatic heterocycles. The maximum absolute atomic E-state index is 13.3. The number of nitrogens with one attached hydrogen (secondary N) is 2. The van der Waals surface area contributed by atoms with Gasteiger partial charge >= 0.3 is 6.03 Å². The Balaban J connectivity index is 1.44. The van der Waals surface area contributed by atoms with Gasteiger partial charge in [-0.2, -0.15) is 0 Å². The smallest absolute Gasteiger partial charge is 0.320 e. The van der Waals surface area contributed by atoms with E-state index in [2.05, 4.69) is 20.8 Å². The Morgan fingerprint density at radius 3 is 2.67 bits per heavy atom. The minimum Gasteiger partial charge on any atom is -0.320 e. The van der Waals surface area contributed by atoms with Crippen LogP contribution in [-0.2, 0) is 0 Å². The number of aryl methyl sites for hydroxylation is 1. The summed E-state index contributed by atoms with van der Waals surface area (Å²) in [7, 11) is 0. The largest absolute Gasteiger partial charge is 0.322 e. The summed E-state index contributed by atoms with van der Waals surface area (Å²) in [6, 6.07) is 12.8. The van der Waals surface area contributed by atoms with Crippen LogP contribution < -0.4 is 10.6 Å². The summed E-state index contributed by atoms with van der Waals surface area (Å²) in [5.41, 5.74) is 2.19. The van der Waals surface area contributed by atoms with E-state index in [1.165, 1.54) is 18.2 Å². The molecule has 7 nitrogen and oxygen atoms in total. The topological polar surface area (TPSA) is 87.2 Å². The summed E-state index contributed by atoms with van der Waals surface area (Å²) in [6.07, 6.45) is 1.60. The number of benzene rings is 2. The van der Waals surface area contributed by atoms with Crippen molar-refractivity contribution in [3.63, 3.8) is 0 Å². The zero-order chi connectivity index (χ0) is 21.1. The normalized spacial score (nSPS) is 15.8. The van der Waals surface area contributed by atoms with Gasteiger partial charge in [-0.15, -0.1) is 10.2 Å². The molecule has 4 rings (SSSR count). The van der Waals surface area contributed by atoms with E-state index in [1.807, 2.05) is 31.2 Å². The number of hydrogen-bond donors (Lipinski definition) is 2. The molecule has 0 aliphatic carbocycles. The number of nitrogens with zero attached hydrogens (tertiary/aromatic N) is 3. The molecule has 2 heterocycles. The van der Waals surface area contributed by atoms with Crippen LogP contribution in [0.3, 0.4) is 0 Å². The fraction of sp³-hybridized carbons (Fsp3) is 0.238. The fourth-order valence-electron chi connectivity index (χ4n) is 3.31. The van der Waals surface area contributed by atoms with Gasteiger partial charge in [0.15, 0.2) is 0 Å². The first kappa shape index (κ1) is 20.0. The average Bonchev–Trinajstić information content (AvgIpc) is 3.39. The fourth-order valence-corrected chi connectivity index (χ4v) is 4.20. The van der Waals surface area contributed by atoms with Crippen LogP contribution in [0.4, 0.5) is 20.6 Å². The number of hydrogen-bond acceptors (Lipinski definition) is 5. The lowest BCUT2D eigenvalue weighted by Crippen LogP contribution is -2.34. The first-order chi connectivity index (χ1) is 14.5. The highest BCUT2D eigenvalue weighted by atomic mass is 32.1. The van der Waals surface area contributed by atoms with Gasteiger partial charge in [-0.25, -0.2) is 9.18 Å². The van der Waals surface area contributed by atoms with Crippen molar-refractivity contribution in [2.45, 2.75) is 25.8 Å². The molecule has 2 aromatic carbocycles. The second-order valence-electron chi connectivity index (χ2n) is 7.06. The SMILES string of the molecule is Cc1ccc(NC(=O)N2CCCC2c2nnc(C(=O)Nc3cccc(F)c3)s2)cc1. The van der Waals surface area contributed by atoms with Crippen molar-refractivity contribution < 1.29 is 14.0 Å². The van der Waals surface area contributed by atoms with Crippen molar-refractivity contribution in [3.05, 3.63) is 69.9 Å². The van der Waals surface area contributed by atoms with Gasteiger partial charge in [0.2, 0.25) is 5.01 Å². The zero-order valence-corrected chi connectivity index (χ0v) is 17.1. The van der Waals surface area contributed by atoms with Gasteiger partial charge in [-0.3, -0.25) is 4.79 Å². The van der Waals surface area contributed by atoms with Crippen molar-refractivity contribution in [2.75, 3.05) is 17.2 Å². The third kappa shape index (κ3) is 4.46. The van der Waals surface area contributed by atoms with Gasteiger partial charge in [0.25, 0.3) is 5.91 Å². The molecule has 1 aliphatic rings. The molecule has 0 bridgehead atoms. The van der Waals surface area contributed by atoms with Gasteiger partial charge in [-0.1, -0.05) is 35.1 Å². The van der Waals surface area contributed by atoms with Crippen LogP contribution in [0.25, 0.3) is 0 Å². The van der Waals surface area contributed by atoms with Crippen LogP contribution in [0.15, 0.2) is 48.5 Å². The van der Waals surface area contributed by atoms with Crippen LogP contribution in [0, 0.1) is 12.7 Å². The number of carbonyl (C=O) groups excluding carboxylic acids is 2. The Bertz CT molecular complexity index is 1070. The zero-order valence-electron chi connectivity index (χ0n) is 16.3. The number of likely N-dealkylation sites (tertiary alicyclic amines) is 1. The number of carbonyl (C=O) groups is 2. The summed E-state index contributed by atoms with van der Waals surface area (Å²) in [5.74, 6) is -0.898. The van der Waals surface area contributed by atoms with Gasteiger partial charge in [-0.05, 0) is 50.1 Å². The Morgan fingerprint density at radius 2 is 1.90 bits per heavy atom. The third-order valence-electron chi connectivity index (χ3n) is 4.82. The summed E-state index contributed by atoms with van der Waals surface area (Å²) >= 11 is 1.14. The van der Waals surface area contributed by atoms with Crippen LogP contribution in [0.2, 0.25) is 0 Å². The van der Waals surface area contributed by atoms with E-state index < -0.39 is 11.7 Å². The van der Waals surface area contributed by atoms with Crippen LogP contribution in [0.5, 0.6) is 0 Å². The number of urea groups is 1. The summed E-state index contributed by atoms with van der Waals surface area (Å²) in [6.45, 7) is 2.59. The molecule has 1 unspecified atom stereocenters. The molecule has 30 heavy (non-hydrogen) atoms. The molecule has 154 valence electrons.